The van der Waals surface area contributed by atoms with Crippen LogP contribution in [0.5, 0.6) is 0 Å². The molecule has 0 bridgehead atoms. The number of esters is 1. The zero-order chi connectivity index (χ0) is 16.1. The van der Waals surface area contributed by atoms with Gasteiger partial charge >= 0.3 is 5.97 Å². The Balaban J connectivity index is 1.98. The Morgan fingerprint density at radius 2 is 2.09 bits per heavy atom. The number of aliphatic hydroxyl groups is 1. The van der Waals surface area contributed by atoms with E-state index in [2.05, 4.69) is 0 Å². The van der Waals surface area contributed by atoms with Gasteiger partial charge < -0.3 is 14.7 Å². The Kier molecular flexibility index (Phi) is 5.80. The summed E-state index contributed by atoms with van der Waals surface area (Å²) in [6.07, 6.45) is 0.416. The molecule has 0 spiro atoms. The maximum Gasteiger partial charge on any atom is 0.328 e. The Morgan fingerprint density at radius 3 is 2.73 bits per heavy atom. The second-order valence-electron chi connectivity index (χ2n) is 5.27. The topological polar surface area (TPSA) is 66.8 Å². The van der Waals surface area contributed by atoms with Gasteiger partial charge in [0.2, 0.25) is 5.91 Å². The fourth-order valence-corrected chi connectivity index (χ4v) is 2.76. The highest BCUT2D eigenvalue weighted by atomic mass is 35.5. The predicted molar refractivity (Wildman–Crippen MR) is 82.4 cm³/mol. The van der Waals surface area contributed by atoms with Gasteiger partial charge in [-0.25, -0.2) is 4.79 Å². The number of carbonyl (C=O) groups is 2. The molecule has 1 aromatic rings. The Morgan fingerprint density at radius 1 is 1.41 bits per heavy atom. The van der Waals surface area contributed by atoms with E-state index in [-0.39, 0.29) is 18.3 Å². The number of halogens is 1. The molecule has 0 unspecified atom stereocenters. The number of ether oxygens (including phenoxy) is 1. The minimum atomic E-state index is -0.909. The molecule has 6 heteroatoms. The van der Waals surface area contributed by atoms with Crippen LogP contribution in [0, 0.1) is 0 Å². The lowest BCUT2D eigenvalue weighted by molar-refractivity contribution is -0.153. The van der Waals surface area contributed by atoms with Crippen LogP contribution in [0.1, 0.15) is 37.9 Å². The smallest absolute Gasteiger partial charge is 0.328 e. The molecule has 0 radical (unpaired) electrons. The lowest BCUT2D eigenvalue weighted by Gasteiger charge is -2.24. The van der Waals surface area contributed by atoms with E-state index < -0.39 is 12.1 Å². The molecule has 1 aliphatic heterocycles. The first kappa shape index (κ1) is 16.8. The van der Waals surface area contributed by atoms with E-state index >= 15 is 0 Å². The van der Waals surface area contributed by atoms with Gasteiger partial charge in [0.05, 0.1) is 19.1 Å². The standard InChI is InChI=1S/C16H20ClNO4/c1-2-22-16(21)13-4-3-9-18(13)15(20)10-14(19)11-5-7-12(17)8-6-11/h5-8,13-14,19H,2-4,9-10H2,1H3/t13-,14+/m1/s1. The molecule has 1 fully saturated rings. The summed E-state index contributed by atoms with van der Waals surface area (Å²) in [7, 11) is 0. The van der Waals surface area contributed by atoms with Gasteiger partial charge in [-0.1, -0.05) is 23.7 Å². The van der Waals surface area contributed by atoms with Crippen LogP contribution in [0.3, 0.4) is 0 Å². The number of nitrogens with zero attached hydrogens (tertiary/aromatic N) is 1. The summed E-state index contributed by atoms with van der Waals surface area (Å²) < 4.78 is 5.00. The van der Waals surface area contributed by atoms with Gasteiger partial charge in [-0.2, -0.15) is 0 Å². The van der Waals surface area contributed by atoms with Crippen molar-refractivity contribution in [2.45, 2.75) is 38.3 Å². The van der Waals surface area contributed by atoms with Gasteiger partial charge in [-0.3, -0.25) is 4.79 Å². The molecule has 1 aromatic carbocycles. The van der Waals surface area contributed by atoms with Crippen LogP contribution in [0.4, 0.5) is 0 Å². The monoisotopic (exact) mass is 325 g/mol. The van der Waals surface area contributed by atoms with Gasteiger partial charge in [0, 0.05) is 11.6 Å². The van der Waals surface area contributed by atoms with Gasteiger partial charge in [0.15, 0.2) is 0 Å². The lowest BCUT2D eigenvalue weighted by Crippen LogP contribution is -2.41. The predicted octanol–water partition coefficient (Wildman–Crippen LogP) is 2.32. The van der Waals surface area contributed by atoms with E-state index in [1.807, 2.05) is 0 Å². The van der Waals surface area contributed by atoms with Gasteiger partial charge in [-0.15, -0.1) is 0 Å². The highest BCUT2D eigenvalue weighted by Gasteiger charge is 2.35. The summed E-state index contributed by atoms with van der Waals surface area (Å²) in [6.45, 7) is 2.56. The van der Waals surface area contributed by atoms with Crippen molar-refractivity contribution < 1.29 is 19.4 Å². The third-order valence-electron chi connectivity index (χ3n) is 3.75. The molecule has 0 aliphatic carbocycles. The number of likely N-dealkylation sites (tertiary alicyclic amines) is 1. The fourth-order valence-electron chi connectivity index (χ4n) is 2.63. The van der Waals surface area contributed by atoms with Crippen molar-refractivity contribution in [1.29, 1.82) is 0 Å². The average molecular weight is 326 g/mol. The van der Waals surface area contributed by atoms with Crippen molar-refractivity contribution in [3.05, 3.63) is 34.9 Å². The minimum absolute atomic E-state index is 0.0580. The van der Waals surface area contributed by atoms with Crippen molar-refractivity contribution in [3.63, 3.8) is 0 Å². The second-order valence-corrected chi connectivity index (χ2v) is 5.71. The first-order chi connectivity index (χ1) is 10.5. The molecular formula is C16H20ClNO4. The quantitative estimate of drug-likeness (QED) is 0.844. The van der Waals surface area contributed by atoms with Crippen molar-refractivity contribution in [2.75, 3.05) is 13.2 Å². The van der Waals surface area contributed by atoms with Gasteiger partial charge in [-0.05, 0) is 37.5 Å². The number of hydrogen-bond acceptors (Lipinski definition) is 4. The normalized spacial score (nSPS) is 19.0. The molecule has 120 valence electrons. The number of aliphatic hydroxyl groups excluding tert-OH is 1. The molecule has 1 amide bonds. The summed E-state index contributed by atoms with van der Waals surface area (Å²) in [6, 6.07) is 6.19. The summed E-state index contributed by atoms with van der Waals surface area (Å²) in [5.41, 5.74) is 0.629. The largest absolute Gasteiger partial charge is 0.464 e. The minimum Gasteiger partial charge on any atom is -0.464 e. The molecule has 1 aliphatic rings. The number of carbonyl (C=O) groups excluding carboxylic acids is 2. The highest BCUT2D eigenvalue weighted by molar-refractivity contribution is 6.30. The van der Waals surface area contributed by atoms with Gasteiger partial charge in [0.25, 0.3) is 0 Å². The molecule has 2 atom stereocenters. The SMILES string of the molecule is CCOC(=O)[C@H]1CCCN1C(=O)C[C@H](O)c1ccc(Cl)cc1. The summed E-state index contributed by atoms with van der Waals surface area (Å²) in [5, 5.41) is 10.7. The van der Waals surface area contributed by atoms with Gasteiger partial charge in [0.1, 0.15) is 6.04 Å². The summed E-state index contributed by atoms with van der Waals surface area (Å²) in [5.74, 6) is -0.604. The summed E-state index contributed by atoms with van der Waals surface area (Å²) >= 11 is 5.80. The average Bonchev–Trinajstić information content (AvgIpc) is 2.97. The molecule has 1 heterocycles. The fraction of sp³-hybridized carbons (Fsp3) is 0.500. The van der Waals surface area contributed by atoms with E-state index in [4.69, 9.17) is 16.3 Å². The number of amides is 1. The van der Waals surface area contributed by atoms with Crippen molar-refractivity contribution >= 4 is 23.5 Å². The van der Waals surface area contributed by atoms with Crippen molar-refractivity contribution in [2.24, 2.45) is 0 Å². The Bertz CT molecular complexity index is 531. The first-order valence-corrected chi connectivity index (χ1v) is 7.80. The van der Waals surface area contributed by atoms with Crippen LogP contribution < -0.4 is 0 Å². The van der Waals surface area contributed by atoms with Crippen LogP contribution >= 0.6 is 11.6 Å². The van der Waals surface area contributed by atoms with E-state index in [0.29, 0.717) is 30.2 Å². The molecule has 1 saturated heterocycles. The maximum atomic E-state index is 12.3. The van der Waals surface area contributed by atoms with Crippen LogP contribution in [-0.4, -0.2) is 41.1 Å². The molecule has 0 saturated carbocycles. The number of rotatable bonds is 5. The molecule has 0 aromatic heterocycles. The first-order valence-electron chi connectivity index (χ1n) is 7.42. The Labute approximate surface area is 134 Å². The maximum absolute atomic E-state index is 12.3. The van der Waals surface area contributed by atoms with Crippen molar-refractivity contribution in [1.82, 2.24) is 4.90 Å². The second kappa shape index (κ2) is 7.61. The molecule has 2 rings (SSSR count). The number of benzene rings is 1. The summed E-state index contributed by atoms with van der Waals surface area (Å²) in [4.78, 5) is 25.7. The van der Waals surface area contributed by atoms with E-state index in [0.717, 1.165) is 6.42 Å². The molecular weight excluding hydrogens is 306 g/mol. The van der Waals surface area contributed by atoms with Crippen LogP contribution in [0.2, 0.25) is 5.02 Å². The zero-order valence-corrected chi connectivity index (χ0v) is 13.3. The van der Waals surface area contributed by atoms with Crippen LogP contribution in [-0.2, 0) is 14.3 Å². The van der Waals surface area contributed by atoms with Crippen molar-refractivity contribution in [3.8, 4) is 0 Å². The van der Waals surface area contributed by atoms with Crippen LogP contribution in [0.15, 0.2) is 24.3 Å². The van der Waals surface area contributed by atoms with Crippen LogP contribution in [0.25, 0.3) is 0 Å². The Hall–Kier alpha value is -1.59. The molecule has 22 heavy (non-hydrogen) atoms. The van der Waals surface area contributed by atoms with E-state index in [1.54, 1.807) is 31.2 Å². The van der Waals surface area contributed by atoms with E-state index in [9.17, 15) is 14.7 Å². The third kappa shape index (κ3) is 3.99. The van der Waals surface area contributed by atoms with E-state index in [1.165, 1.54) is 4.90 Å². The molecule has 5 nitrogen and oxygen atoms in total. The highest BCUT2D eigenvalue weighted by Crippen LogP contribution is 2.24. The third-order valence-corrected chi connectivity index (χ3v) is 4.01. The zero-order valence-electron chi connectivity index (χ0n) is 12.5. The lowest BCUT2D eigenvalue weighted by atomic mass is 10.1. The molecule has 1 N–H and O–H groups in total. The number of hydrogen-bond donors (Lipinski definition) is 1.